The maximum atomic E-state index is 6.04. The Morgan fingerprint density at radius 3 is 3.00 bits per heavy atom. The number of fused-ring (bicyclic) bond motifs is 1. The molecule has 1 aliphatic carbocycles. The van der Waals surface area contributed by atoms with Crippen LogP contribution in [0.25, 0.3) is 0 Å². The van der Waals surface area contributed by atoms with Crippen LogP contribution >= 0.6 is 23.2 Å². The highest BCUT2D eigenvalue weighted by molar-refractivity contribution is 6.41. The van der Waals surface area contributed by atoms with Gasteiger partial charge in [-0.05, 0) is 31.9 Å². The van der Waals surface area contributed by atoms with Crippen LogP contribution in [-0.4, -0.2) is 30.7 Å². The van der Waals surface area contributed by atoms with Crippen molar-refractivity contribution < 1.29 is 0 Å². The molecule has 3 atom stereocenters. The summed E-state index contributed by atoms with van der Waals surface area (Å²) in [5, 5.41) is 4.18. The Hall–Kier alpha value is -0.510. The van der Waals surface area contributed by atoms with Crippen LogP contribution in [-0.2, 0) is 0 Å². The predicted octanol–water partition coefficient (Wildman–Crippen LogP) is 2.58. The maximum Gasteiger partial charge on any atom is 0.147 e. The molecular formula is C12H15Cl2N3. The molecule has 3 rings (SSSR count). The molecule has 3 unspecified atom stereocenters. The molecule has 92 valence electrons. The van der Waals surface area contributed by atoms with E-state index < -0.39 is 0 Å². The molecule has 1 aromatic rings. The second-order valence-electron chi connectivity index (χ2n) is 4.88. The summed E-state index contributed by atoms with van der Waals surface area (Å²) in [6.45, 7) is 1.01. The van der Waals surface area contributed by atoms with E-state index in [4.69, 9.17) is 23.2 Å². The van der Waals surface area contributed by atoms with Crippen molar-refractivity contribution in [2.24, 2.45) is 5.92 Å². The molecule has 1 N–H and O–H groups in total. The van der Waals surface area contributed by atoms with Gasteiger partial charge in [-0.3, -0.25) is 0 Å². The van der Waals surface area contributed by atoms with Gasteiger partial charge in [0.2, 0.25) is 0 Å². The van der Waals surface area contributed by atoms with Crippen LogP contribution in [0.2, 0.25) is 10.2 Å². The number of rotatable bonds is 3. The highest BCUT2D eigenvalue weighted by Crippen LogP contribution is 2.49. The van der Waals surface area contributed by atoms with Crippen LogP contribution in [0.5, 0.6) is 0 Å². The van der Waals surface area contributed by atoms with Crippen LogP contribution in [0.1, 0.15) is 12.8 Å². The molecule has 0 amide bonds. The van der Waals surface area contributed by atoms with E-state index in [0.29, 0.717) is 22.3 Å². The molecule has 2 aliphatic rings. The summed E-state index contributed by atoms with van der Waals surface area (Å²) in [5.41, 5.74) is 1.10. The smallest absolute Gasteiger partial charge is 0.147 e. The Balaban J connectivity index is 1.88. The number of pyridine rings is 1. The monoisotopic (exact) mass is 271 g/mol. The van der Waals surface area contributed by atoms with Crippen LogP contribution in [0.4, 0.5) is 5.69 Å². The third-order valence-electron chi connectivity index (χ3n) is 3.73. The van der Waals surface area contributed by atoms with E-state index >= 15 is 0 Å². The summed E-state index contributed by atoms with van der Waals surface area (Å²) in [7, 11) is 2.00. The van der Waals surface area contributed by atoms with E-state index in [9.17, 15) is 0 Å². The highest BCUT2D eigenvalue weighted by atomic mass is 35.5. The van der Waals surface area contributed by atoms with Gasteiger partial charge in [0.05, 0.1) is 16.9 Å². The van der Waals surface area contributed by atoms with Gasteiger partial charge in [-0.15, -0.1) is 0 Å². The first kappa shape index (κ1) is 11.6. The minimum absolute atomic E-state index is 0.382. The maximum absolute atomic E-state index is 6.04. The van der Waals surface area contributed by atoms with E-state index in [2.05, 4.69) is 15.2 Å². The van der Waals surface area contributed by atoms with Crippen molar-refractivity contribution in [1.82, 2.24) is 10.3 Å². The van der Waals surface area contributed by atoms with Gasteiger partial charge in [0.1, 0.15) is 5.15 Å². The first-order valence-electron chi connectivity index (χ1n) is 5.94. The Morgan fingerprint density at radius 2 is 2.29 bits per heavy atom. The number of nitrogens with zero attached hydrogens (tertiary/aromatic N) is 2. The van der Waals surface area contributed by atoms with Gasteiger partial charge in [0.15, 0.2) is 0 Å². The third kappa shape index (κ3) is 2.01. The van der Waals surface area contributed by atoms with Crippen molar-refractivity contribution in [1.29, 1.82) is 0 Å². The Kier molecular flexibility index (Phi) is 2.93. The van der Waals surface area contributed by atoms with E-state index in [0.717, 1.165) is 18.2 Å². The number of anilines is 1. The quantitative estimate of drug-likeness (QED) is 0.857. The lowest BCUT2D eigenvalue weighted by Gasteiger charge is -2.29. The van der Waals surface area contributed by atoms with Gasteiger partial charge in [-0.1, -0.05) is 23.2 Å². The van der Waals surface area contributed by atoms with E-state index in [1.165, 1.54) is 12.8 Å². The van der Waals surface area contributed by atoms with Crippen molar-refractivity contribution in [3.63, 3.8) is 0 Å². The summed E-state index contributed by atoms with van der Waals surface area (Å²) in [6.07, 6.45) is 4.41. The van der Waals surface area contributed by atoms with Crippen molar-refractivity contribution in [2.75, 3.05) is 18.5 Å². The van der Waals surface area contributed by atoms with E-state index in [-0.39, 0.29) is 0 Å². The lowest BCUT2D eigenvalue weighted by molar-refractivity contribution is 0.564. The number of hydrogen-bond acceptors (Lipinski definition) is 3. The molecule has 0 aromatic carbocycles. The molecule has 17 heavy (non-hydrogen) atoms. The number of likely N-dealkylation sites (N-methyl/N-ethyl adjacent to an activating group) is 1. The number of hydrogen-bond donors (Lipinski definition) is 1. The van der Waals surface area contributed by atoms with Gasteiger partial charge in [0.25, 0.3) is 0 Å². The molecule has 0 radical (unpaired) electrons. The van der Waals surface area contributed by atoms with Gasteiger partial charge in [-0.2, -0.15) is 0 Å². The number of aromatic nitrogens is 1. The Labute approximate surface area is 111 Å². The minimum atomic E-state index is 0.382. The highest BCUT2D eigenvalue weighted by Gasteiger charge is 2.51. The van der Waals surface area contributed by atoms with E-state index in [1.807, 2.05) is 19.3 Å². The average Bonchev–Trinajstić information content (AvgIpc) is 2.96. The number of nitrogens with one attached hydrogen (secondary N) is 1. The summed E-state index contributed by atoms with van der Waals surface area (Å²) in [6, 6.07) is 3.18. The van der Waals surface area contributed by atoms with Crippen molar-refractivity contribution >= 4 is 28.9 Å². The zero-order valence-electron chi connectivity index (χ0n) is 9.66. The van der Waals surface area contributed by atoms with Crippen molar-refractivity contribution in [2.45, 2.75) is 24.9 Å². The molecule has 5 heteroatoms. The van der Waals surface area contributed by atoms with E-state index in [1.54, 1.807) is 0 Å². The SMILES string of the molecule is CNCC1CC2CC2N1c1cnc(Cl)c(Cl)c1. The van der Waals surface area contributed by atoms with Crippen LogP contribution in [0.15, 0.2) is 12.3 Å². The fourth-order valence-corrected chi connectivity index (χ4v) is 3.20. The first-order valence-corrected chi connectivity index (χ1v) is 6.70. The fourth-order valence-electron chi connectivity index (χ4n) is 2.93. The summed E-state index contributed by atoms with van der Waals surface area (Å²) in [4.78, 5) is 6.60. The van der Waals surface area contributed by atoms with Crippen molar-refractivity contribution in [3.05, 3.63) is 22.4 Å². The minimum Gasteiger partial charge on any atom is -0.363 e. The third-order valence-corrected chi connectivity index (χ3v) is 4.42. The van der Waals surface area contributed by atoms with Crippen LogP contribution in [0.3, 0.4) is 0 Å². The summed E-state index contributed by atoms with van der Waals surface area (Å²) in [5.74, 6) is 0.864. The molecule has 3 nitrogen and oxygen atoms in total. The zero-order chi connectivity index (χ0) is 12.0. The molecule has 1 saturated heterocycles. The van der Waals surface area contributed by atoms with Gasteiger partial charge < -0.3 is 10.2 Å². The number of halogens is 2. The fraction of sp³-hybridized carbons (Fsp3) is 0.583. The van der Waals surface area contributed by atoms with Gasteiger partial charge >= 0.3 is 0 Å². The molecule has 0 spiro atoms. The molecule has 1 saturated carbocycles. The van der Waals surface area contributed by atoms with Crippen molar-refractivity contribution in [3.8, 4) is 0 Å². The topological polar surface area (TPSA) is 28.2 Å². The van der Waals surface area contributed by atoms with Crippen LogP contribution in [0, 0.1) is 5.92 Å². The molecular weight excluding hydrogens is 257 g/mol. The molecule has 1 aliphatic heterocycles. The normalized spacial score (nSPS) is 30.5. The summed E-state index contributed by atoms with van der Waals surface area (Å²) < 4.78 is 0. The second kappa shape index (κ2) is 4.30. The lowest BCUT2D eigenvalue weighted by Crippen LogP contribution is -2.39. The van der Waals surface area contributed by atoms with Crippen LogP contribution < -0.4 is 10.2 Å². The first-order chi connectivity index (χ1) is 8.20. The second-order valence-corrected chi connectivity index (χ2v) is 5.65. The van der Waals surface area contributed by atoms with Gasteiger partial charge in [-0.25, -0.2) is 4.98 Å². The molecule has 2 fully saturated rings. The molecule has 0 bridgehead atoms. The summed E-state index contributed by atoms with van der Waals surface area (Å²) >= 11 is 11.9. The average molecular weight is 272 g/mol. The predicted molar refractivity (Wildman–Crippen MR) is 71.0 cm³/mol. The largest absolute Gasteiger partial charge is 0.363 e. The lowest BCUT2D eigenvalue weighted by atomic mass is 10.1. The molecule has 2 heterocycles. The number of piperidine rings is 1. The molecule has 1 aromatic heterocycles. The Bertz CT molecular complexity index is 438. The standard InChI is InChI=1S/C12H15Cl2N3/c1-15-5-8-2-7-3-11(7)17(8)9-4-10(13)12(14)16-6-9/h4,6-8,11,15H,2-3,5H2,1H3. The zero-order valence-corrected chi connectivity index (χ0v) is 11.2. The van der Waals surface area contributed by atoms with Gasteiger partial charge in [0, 0.05) is 18.6 Å². The Morgan fingerprint density at radius 1 is 1.47 bits per heavy atom.